The van der Waals surface area contributed by atoms with E-state index in [1.54, 1.807) is 24.3 Å². The normalized spacial score (nSPS) is 11.9. The number of carbonyl (C=O) groups excluding carboxylic acids is 1. The van der Waals surface area contributed by atoms with Crippen molar-refractivity contribution < 1.29 is 9.21 Å². The van der Waals surface area contributed by atoms with Gasteiger partial charge in [-0.3, -0.25) is 4.79 Å². The second-order valence-corrected chi connectivity index (χ2v) is 5.67. The highest BCUT2D eigenvalue weighted by Crippen LogP contribution is 2.20. The molecular formula is C19H19N3O2. The molecule has 0 aliphatic carbocycles. The van der Waals surface area contributed by atoms with Gasteiger partial charge in [0, 0.05) is 11.1 Å². The number of nitrogens with zero attached hydrogens (tertiary/aromatic N) is 2. The van der Waals surface area contributed by atoms with Crippen LogP contribution in [0.3, 0.4) is 0 Å². The summed E-state index contributed by atoms with van der Waals surface area (Å²) in [5.74, 6) is 0.340. The van der Waals surface area contributed by atoms with Crippen LogP contribution >= 0.6 is 0 Å². The molecule has 3 aromatic rings. The second kappa shape index (κ2) is 7.08. The number of hydrogen-bond acceptors (Lipinski definition) is 4. The van der Waals surface area contributed by atoms with Crippen molar-refractivity contribution in [1.82, 2.24) is 15.5 Å². The lowest BCUT2D eigenvalue weighted by atomic mass is 10.0. The summed E-state index contributed by atoms with van der Waals surface area (Å²) in [5, 5.41) is 10.6. The van der Waals surface area contributed by atoms with Gasteiger partial charge >= 0.3 is 0 Å². The molecule has 0 saturated carbocycles. The van der Waals surface area contributed by atoms with Gasteiger partial charge in [-0.15, -0.1) is 10.2 Å². The minimum atomic E-state index is -0.0977. The quantitative estimate of drug-likeness (QED) is 0.773. The first-order valence-corrected chi connectivity index (χ1v) is 7.91. The Kier molecular flexibility index (Phi) is 4.70. The first-order valence-electron chi connectivity index (χ1n) is 7.91. The molecule has 0 aliphatic heterocycles. The molecule has 2 aromatic carbocycles. The third kappa shape index (κ3) is 3.51. The zero-order chi connectivity index (χ0) is 16.9. The van der Waals surface area contributed by atoms with E-state index in [0.29, 0.717) is 11.5 Å². The summed E-state index contributed by atoms with van der Waals surface area (Å²) in [4.78, 5) is 12.5. The first-order chi connectivity index (χ1) is 11.7. The third-order valence-electron chi connectivity index (χ3n) is 3.95. The van der Waals surface area contributed by atoms with Crippen LogP contribution in [0.2, 0.25) is 0 Å². The Labute approximate surface area is 140 Å². The monoisotopic (exact) mass is 321 g/mol. The standard InChI is InChI=1S/C19H19N3O2/c1-3-17(14-6-4-13(2)5-7-14)21-18(23)15-8-10-16(11-9-15)19-22-20-12-24-19/h4-12,17H,3H2,1-2H3,(H,21,23)/t17-/m1/s1. The molecule has 1 N–H and O–H groups in total. The number of hydrogen-bond donors (Lipinski definition) is 1. The fourth-order valence-corrected chi connectivity index (χ4v) is 2.52. The summed E-state index contributed by atoms with van der Waals surface area (Å²) >= 11 is 0. The highest BCUT2D eigenvalue weighted by Gasteiger charge is 2.14. The highest BCUT2D eigenvalue weighted by molar-refractivity contribution is 5.94. The van der Waals surface area contributed by atoms with Crippen molar-refractivity contribution in [2.45, 2.75) is 26.3 Å². The molecule has 0 fully saturated rings. The number of benzene rings is 2. The summed E-state index contributed by atoms with van der Waals surface area (Å²) in [6.45, 7) is 4.11. The Bertz CT molecular complexity index is 794. The summed E-state index contributed by atoms with van der Waals surface area (Å²) in [7, 11) is 0. The van der Waals surface area contributed by atoms with E-state index in [-0.39, 0.29) is 11.9 Å². The number of aryl methyl sites for hydroxylation is 1. The molecule has 122 valence electrons. The van der Waals surface area contributed by atoms with Crippen LogP contribution in [0.5, 0.6) is 0 Å². The van der Waals surface area contributed by atoms with Crippen LogP contribution in [0.15, 0.2) is 59.3 Å². The predicted octanol–water partition coefficient (Wildman–Crippen LogP) is 3.93. The second-order valence-electron chi connectivity index (χ2n) is 5.67. The molecule has 5 nitrogen and oxygen atoms in total. The largest absolute Gasteiger partial charge is 0.423 e. The maximum atomic E-state index is 12.5. The van der Waals surface area contributed by atoms with Crippen LogP contribution in [-0.4, -0.2) is 16.1 Å². The Balaban J connectivity index is 1.72. The Morgan fingerprint density at radius 3 is 2.42 bits per heavy atom. The summed E-state index contributed by atoms with van der Waals surface area (Å²) in [6.07, 6.45) is 2.11. The highest BCUT2D eigenvalue weighted by atomic mass is 16.4. The molecule has 0 bridgehead atoms. The number of aromatic nitrogens is 2. The Morgan fingerprint density at radius 1 is 1.12 bits per heavy atom. The molecular weight excluding hydrogens is 302 g/mol. The summed E-state index contributed by atoms with van der Waals surface area (Å²) in [6, 6.07) is 15.4. The van der Waals surface area contributed by atoms with E-state index in [1.807, 2.05) is 6.92 Å². The minimum absolute atomic E-state index is 0.00582. The Morgan fingerprint density at radius 2 is 1.83 bits per heavy atom. The van der Waals surface area contributed by atoms with Gasteiger partial charge in [0.25, 0.3) is 5.91 Å². The van der Waals surface area contributed by atoms with E-state index < -0.39 is 0 Å². The van der Waals surface area contributed by atoms with E-state index in [1.165, 1.54) is 12.0 Å². The maximum Gasteiger partial charge on any atom is 0.251 e. The summed E-state index contributed by atoms with van der Waals surface area (Å²) < 4.78 is 5.15. The summed E-state index contributed by atoms with van der Waals surface area (Å²) in [5.41, 5.74) is 3.70. The van der Waals surface area contributed by atoms with Gasteiger partial charge in [-0.05, 0) is 43.2 Å². The molecule has 5 heteroatoms. The molecule has 0 radical (unpaired) electrons. The van der Waals surface area contributed by atoms with Crippen LogP contribution in [0.25, 0.3) is 11.5 Å². The van der Waals surface area contributed by atoms with Gasteiger partial charge in [0.2, 0.25) is 12.3 Å². The number of nitrogens with one attached hydrogen (secondary N) is 1. The van der Waals surface area contributed by atoms with Gasteiger partial charge in [0.05, 0.1) is 6.04 Å². The lowest BCUT2D eigenvalue weighted by molar-refractivity contribution is 0.0935. The molecule has 0 saturated heterocycles. The number of rotatable bonds is 5. The molecule has 0 unspecified atom stereocenters. The molecule has 0 spiro atoms. The molecule has 1 heterocycles. The van der Waals surface area contributed by atoms with Crippen molar-refractivity contribution in [1.29, 1.82) is 0 Å². The molecule has 1 atom stereocenters. The molecule has 1 aromatic heterocycles. The van der Waals surface area contributed by atoms with Crippen LogP contribution in [0.1, 0.15) is 40.9 Å². The average molecular weight is 321 g/mol. The number of amides is 1. The molecule has 0 aliphatic rings. The zero-order valence-electron chi connectivity index (χ0n) is 13.7. The lowest BCUT2D eigenvalue weighted by Crippen LogP contribution is -2.28. The van der Waals surface area contributed by atoms with Crippen LogP contribution in [0.4, 0.5) is 0 Å². The SMILES string of the molecule is CC[C@@H](NC(=O)c1ccc(-c2nnco2)cc1)c1ccc(C)cc1. The molecule has 24 heavy (non-hydrogen) atoms. The fraction of sp³-hybridized carbons (Fsp3) is 0.211. The van der Waals surface area contributed by atoms with Crippen molar-refractivity contribution >= 4 is 5.91 Å². The molecule has 1 amide bonds. The van der Waals surface area contributed by atoms with Gasteiger partial charge in [-0.2, -0.15) is 0 Å². The van der Waals surface area contributed by atoms with Crippen LogP contribution in [0, 0.1) is 6.92 Å². The van der Waals surface area contributed by atoms with Gasteiger partial charge in [-0.1, -0.05) is 36.8 Å². The smallest absolute Gasteiger partial charge is 0.251 e. The Hall–Kier alpha value is -2.95. The van der Waals surface area contributed by atoms with E-state index in [4.69, 9.17) is 4.42 Å². The third-order valence-corrected chi connectivity index (χ3v) is 3.95. The topological polar surface area (TPSA) is 68.0 Å². The van der Waals surface area contributed by atoms with Gasteiger partial charge in [0.1, 0.15) is 0 Å². The maximum absolute atomic E-state index is 12.5. The first kappa shape index (κ1) is 15.9. The average Bonchev–Trinajstić information content (AvgIpc) is 3.15. The van der Waals surface area contributed by atoms with Crippen molar-refractivity contribution in [2.75, 3.05) is 0 Å². The van der Waals surface area contributed by atoms with E-state index in [2.05, 4.69) is 46.7 Å². The molecule has 3 rings (SSSR count). The van der Waals surface area contributed by atoms with E-state index in [9.17, 15) is 4.79 Å². The van der Waals surface area contributed by atoms with Crippen LogP contribution < -0.4 is 5.32 Å². The van der Waals surface area contributed by atoms with Gasteiger partial charge in [0.15, 0.2) is 0 Å². The van der Waals surface area contributed by atoms with Crippen molar-refractivity contribution in [3.63, 3.8) is 0 Å². The van der Waals surface area contributed by atoms with Crippen molar-refractivity contribution in [2.24, 2.45) is 0 Å². The predicted molar refractivity (Wildman–Crippen MR) is 91.4 cm³/mol. The van der Waals surface area contributed by atoms with Crippen molar-refractivity contribution in [3.8, 4) is 11.5 Å². The number of carbonyl (C=O) groups is 1. The van der Waals surface area contributed by atoms with Crippen molar-refractivity contribution in [3.05, 3.63) is 71.6 Å². The van der Waals surface area contributed by atoms with Crippen LogP contribution in [-0.2, 0) is 0 Å². The minimum Gasteiger partial charge on any atom is -0.423 e. The lowest BCUT2D eigenvalue weighted by Gasteiger charge is -2.18. The zero-order valence-corrected chi connectivity index (χ0v) is 13.7. The van der Waals surface area contributed by atoms with E-state index >= 15 is 0 Å². The van der Waals surface area contributed by atoms with E-state index in [0.717, 1.165) is 17.5 Å². The van der Waals surface area contributed by atoms with Gasteiger partial charge < -0.3 is 9.73 Å². The fourth-order valence-electron chi connectivity index (χ4n) is 2.52. The van der Waals surface area contributed by atoms with Gasteiger partial charge in [-0.25, -0.2) is 0 Å².